The van der Waals surface area contributed by atoms with Gasteiger partial charge in [0.05, 0.1) is 17.7 Å². The smallest absolute Gasteiger partial charge is 0.341 e. The molecule has 1 atom stereocenters. The zero-order chi connectivity index (χ0) is 18.0. The molecule has 2 rings (SSSR count). The molecule has 0 fully saturated rings. The minimum atomic E-state index is -4.52. The summed E-state index contributed by atoms with van der Waals surface area (Å²) >= 11 is 0. The Morgan fingerprint density at radius 2 is 1.42 bits per heavy atom. The van der Waals surface area contributed by atoms with Gasteiger partial charge in [-0.15, -0.1) is 0 Å². The molecule has 0 aromatic heterocycles. The van der Waals surface area contributed by atoms with Crippen molar-refractivity contribution in [1.82, 2.24) is 0 Å². The van der Waals surface area contributed by atoms with Crippen molar-refractivity contribution in [3.05, 3.63) is 70.8 Å². The first-order valence-electron chi connectivity index (χ1n) is 6.68. The van der Waals surface area contributed by atoms with Gasteiger partial charge in [0.1, 0.15) is 0 Å². The van der Waals surface area contributed by atoms with Gasteiger partial charge in [-0.3, -0.25) is 0 Å². The number of halogens is 6. The van der Waals surface area contributed by atoms with Gasteiger partial charge in [-0.05, 0) is 29.8 Å². The van der Waals surface area contributed by atoms with Crippen LogP contribution in [0.15, 0.2) is 48.5 Å². The molecule has 1 unspecified atom stereocenters. The van der Waals surface area contributed by atoms with Gasteiger partial charge >= 0.3 is 12.4 Å². The monoisotopic (exact) mass is 349 g/mol. The van der Waals surface area contributed by atoms with Crippen LogP contribution in [0.4, 0.5) is 26.3 Å². The van der Waals surface area contributed by atoms with Crippen molar-refractivity contribution in [1.29, 1.82) is 0 Å². The molecule has 0 heterocycles. The maximum Gasteiger partial charge on any atom is 0.416 e. The van der Waals surface area contributed by atoms with E-state index in [0.29, 0.717) is 0 Å². The van der Waals surface area contributed by atoms with Crippen LogP contribution in [-0.4, -0.2) is 0 Å². The van der Waals surface area contributed by atoms with Crippen molar-refractivity contribution in [3.8, 4) is 0 Å². The maximum atomic E-state index is 12.6. The molecule has 0 amide bonds. The molecule has 2 aromatic rings. The van der Waals surface area contributed by atoms with Crippen LogP contribution < -0.4 is 0 Å². The van der Waals surface area contributed by atoms with Crippen molar-refractivity contribution in [3.63, 3.8) is 0 Å². The standard InChI is InChI=1S/C16H11F6O2/c17-15(18,19)12-6-4-11(5-7-12)14(23)24-9-10-2-1-3-13(8-10)16(20,21)22/h1-8,14H,9H2. The Labute approximate surface area is 133 Å². The SMILES string of the molecule is [O]C(OCc1cccc(C(F)(F)F)c1)c1ccc(C(F)(F)F)cc1. The largest absolute Gasteiger partial charge is 0.416 e. The normalized spacial score (nSPS) is 13.8. The summed E-state index contributed by atoms with van der Waals surface area (Å²) in [5.41, 5.74) is -1.69. The highest BCUT2D eigenvalue weighted by molar-refractivity contribution is 5.26. The van der Waals surface area contributed by atoms with Gasteiger partial charge in [0.25, 0.3) is 0 Å². The first-order valence-corrected chi connectivity index (χ1v) is 6.68. The molecule has 2 aromatic carbocycles. The molecular formula is C16H11F6O2. The molecule has 0 saturated heterocycles. The fourth-order valence-electron chi connectivity index (χ4n) is 1.93. The second kappa shape index (κ2) is 6.82. The molecule has 24 heavy (non-hydrogen) atoms. The fourth-order valence-corrected chi connectivity index (χ4v) is 1.93. The van der Waals surface area contributed by atoms with Crippen LogP contribution in [0.1, 0.15) is 28.5 Å². The van der Waals surface area contributed by atoms with Crippen LogP contribution in [0, 0.1) is 0 Å². The topological polar surface area (TPSA) is 29.1 Å². The Morgan fingerprint density at radius 1 is 0.833 bits per heavy atom. The van der Waals surface area contributed by atoms with E-state index < -0.39 is 29.8 Å². The van der Waals surface area contributed by atoms with Crippen LogP contribution in [0.25, 0.3) is 0 Å². The molecule has 0 aliphatic carbocycles. The molecule has 0 saturated carbocycles. The van der Waals surface area contributed by atoms with Crippen molar-refractivity contribution in [2.24, 2.45) is 0 Å². The van der Waals surface area contributed by atoms with E-state index in [1.54, 1.807) is 0 Å². The van der Waals surface area contributed by atoms with Gasteiger partial charge in [-0.25, -0.2) is 0 Å². The Balaban J connectivity index is 2.02. The van der Waals surface area contributed by atoms with Crippen molar-refractivity contribution >= 4 is 0 Å². The van der Waals surface area contributed by atoms with Gasteiger partial charge in [-0.2, -0.15) is 31.4 Å². The molecular weight excluding hydrogens is 338 g/mol. The van der Waals surface area contributed by atoms with Gasteiger partial charge < -0.3 is 4.74 Å². The molecule has 129 valence electrons. The average Bonchev–Trinajstić information content (AvgIpc) is 2.51. The second-order valence-corrected chi connectivity index (χ2v) is 4.96. The molecule has 2 nitrogen and oxygen atoms in total. The zero-order valence-electron chi connectivity index (χ0n) is 12.0. The van der Waals surface area contributed by atoms with E-state index in [1.165, 1.54) is 12.1 Å². The Morgan fingerprint density at radius 3 is 1.96 bits per heavy atom. The number of alkyl halides is 6. The lowest BCUT2D eigenvalue weighted by Crippen LogP contribution is -2.08. The van der Waals surface area contributed by atoms with Gasteiger partial charge in [0.2, 0.25) is 6.29 Å². The first-order chi connectivity index (χ1) is 11.1. The highest BCUT2D eigenvalue weighted by Gasteiger charge is 2.31. The summed E-state index contributed by atoms with van der Waals surface area (Å²) < 4.78 is 79.9. The third kappa shape index (κ3) is 4.72. The van der Waals surface area contributed by atoms with E-state index in [4.69, 9.17) is 4.74 Å². The number of ether oxygens (including phenoxy) is 1. The Bertz CT molecular complexity index is 676. The average molecular weight is 349 g/mol. The number of hydrogen-bond donors (Lipinski definition) is 0. The van der Waals surface area contributed by atoms with Crippen molar-refractivity contribution in [2.45, 2.75) is 25.2 Å². The van der Waals surface area contributed by atoms with Crippen LogP contribution in [0.3, 0.4) is 0 Å². The Kier molecular flexibility index (Phi) is 5.19. The minimum absolute atomic E-state index is 0.0463. The maximum absolute atomic E-state index is 12.6. The van der Waals surface area contributed by atoms with Crippen LogP contribution in [0.2, 0.25) is 0 Å². The number of benzene rings is 2. The van der Waals surface area contributed by atoms with E-state index in [1.807, 2.05) is 0 Å². The molecule has 0 spiro atoms. The third-order valence-electron chi connectivity index (χ3n) is 3.17. The second-order valence-electron chi connectivity index (χ2n) is 4.96. The first kappa shape index (κ1) is 18.3. The van der Waals surface area contributed by atoms with Gasteiger partial charge in [-0.1, -0.05) is 24.3 Å². The third-order valence-corrected chi connectivity index (χ3v) is 3.17. The Hall–Kier alpha value is -2.06. The van der Waals surface area contributed by atoms with Crippen LogP contribution in [-0.2, 0) is 28.8 Å². The molecule has 0 aliphatic rings. The summed E-state index contributed by atoms with van der Waals surface area (Å²) in [5, 5.41) is 11.8. The molecule has 0 aliphatic heterocycles. The van der Waals surface area contributed by atoms with Gasteiger partial charge in [0, 0.05) is 5.56 Å². The van der Waals surface area contributed by atoms with E-state index in [2.05, 4.69) is 0 Å². The summed E-state index contributed by atoms with van der Waals surface area (Å²) in [6, 6.07) is 7.71. The summed E-state index contributed by atoms with van der Waals surface area (Å²) in [5.74, 6) is 0. The lowest BCUT2D eigenvalue weighted by atomic mass is 10.1. The number of hydrogen-bond acceptors (Lipinski definition) is 1. The lowest BCUT2D eigenvalue weighted by Gasteiger charge is -2.13. The highest BCUT2D eigenvalue weighted by Crippen LogP contribution is 2.31. The predicted molar refractivity (Wildman–Crippen MR) is 71.1 cm³/mol. The molecule has 8 heteroatoms. The fraction of sp³-hybridized carbons (Fsp3) is 0.250. The highest BCUT2D eigenvalue weighted by atomic mass is 19.4. The number of rotatable bonds is 4. The van der Waals surface area contributed by atoms with E-state index in [0.717, 1.165) is 36.4 Å². The van der Waals surface area contributed by atoms with E-state index >= 15 is 0 Å². The summed E-state index contributed by atoms with van der Waals surface area (Å²) in [6.45, 7) is -0.390. The summed E-state index contributed by atoms with van der Waals surface area (Å²) in [4.78, 5) is 0. The predicted octanol–water partition coefficient (Wildman–Crippen LogP) is 5.37. The summed E-state index contributed by atoms with van der Waals surface area (Å²) in [7, 11) is 0. The van der Waals surface area contributed by atoms with Gasteiger partial charge in [0.15, 0.2) is 0 Å². The van der Waals surface area contributed by atoms with Crippen molar-refractivity contribution in [2.75, 3.05) is 0 Å². The minimum Gasteiger partial charge on any atom is -0.341 e. The zero-order valence-corrected chi connectivity index (χ0v) is 12.0. The summed E-state index contributed by atoms with van der Waals surface area (Å²) in [6.07, 6.45) is -10.8. The molecule has 0 N–H and O–H groups in total. The lowest BCUT2D eigenvalue weighted by molar-refractivity contribution is -0.153. The van der Waals surface area contributed by atoms with Crippen molar-refractivity contribution < 1.29 is 36.2 Å². The quantitative estimate of drug-likeness (QED) is 0.539. The molecule has 1 radical (unpaired) electrons. The van der Waals surface area contributed by atoms with E-state index in [9.17, 15) is 31.4 Å². The van der Waals surface area contributed by atoms with Crippen LogP contribution >= 0.6 is 0 Å². The van der Waals surface area contributed by atoms with Crippen LogP contribution in [0.5, 0.6) is 0 Å². The van der Waals surface area contributed by atoms with E-state index in [-0.39, 0.29) is 17.7 Å². The molecule has 0 bridgehead atoms.